The average Bonchev–Trinajstić information content (AvgIpc) is 2.70. The fourth-order valence-electron chi connectivity index (χ4n) is 1.89. The van der Waals surface area contributed by atoms with Gasteiger partial charge in [-0.05, 0) is 38.0 Å². The Morgan fingerprint density at radius 1 is 1.47 bits per heavy atom. The molecule has 0 unspecified atom stereocenters. The molecule has 0 amide bonds. The van der Waals surface area contributed by atoms with Gasteiger partial charge in [0.15, 0.2) is 4.77 Å². The predicted octanol–water partition coefficient (Wildman–Crippen LogP) is 1.24. The first-order valence-corrected chi connectivity index (χ1v) is 5.75. The molecule has 2 rings (SSSR count). The van der Waals surface area contributed by atoms with Gasteiger partial charge in [0, 0.05) is 24.8 Å². The van der Waals surface area contributed by atoms with E-state index in [-0.39, 0.29) is 0 Å². The predicted molar refractivity (Wildman–Crippen MR) is 63.6 cm³/mol. The molecule has 1 aliphatic rings. The number of rotatable bonds is 3. The highest BCUT2D eigenvalue weighted by Gasteiger charge is 2.13. The molecule has 0 aliphatic carbocycles. The summed E-state index contributed by atoms with van der Waals surface area (Å²) < 4.78 is 0.558. The summed E-state index contributed by atoms with van der Waals surface area (Å²) in [5.74, 6) is 1.000. The summed E-state index contributed by atoms with van der Waals surface area (Å²) in [5, 5.41) is 0. The van der Waals surface area contributed by atoms with E-state index in [9.17, 15) is 0 Å². The monoisotopic (exact) mass is 224 g/mol. The van der Waals surface area contributed by atoms with Crippen molar-refractivity contribution in [3.05, 3.63) is 16.5 Å². The third kappa shape index (κ3) is 2.54. The molecule has 0 radical (unpaired) electrons. The minimum atomic E-state index is 0.558. The minimum Gasteiger partial charge on any atom is -0.356 e. The highest BCUT2D eigenvalue weighted by molar-refractivity contribution is 7.71. The van der Waals surface area contributed by atoms with Crippen LogP contribution in [0.2, 0.25) is 0 Å². The van der Waals surface area contributed by atoms with Crippen LogP contribution in [-0.4, -0.2) is 29.6 Å². The first-order chi connectivity index (χ1) is 7.29. The summed E-state index contributed by atoms with van der Waals surface area (Å²) in [7, 11) is 0. The topological polar surface area (TPSA) is 57.9 Å². The first-order valence-electron chi connectivity index (χ1n) is 5.35. The fraction of sp³-hybridized carbons (Fsp3) is 0.600. The number of nitrogens with one attached hydrogen (secondary N) is 1. The molecule has 15 heavy (non-hydrogen) atoms. The molecule has 1 aromatic heterocycles. The molecule has 2 heterocycles. The molecule has 1 saturated heterocycles. The van der Waals surface area contributed by atoms with Gasteiger partial charge in [0.2, 0.25) is 0 Å². The van der Waals surface area contributed by atoms with Crippen LogP contribution < -0.4 is 10.6 Å². The number of hydrogen-bond acceptors (Lipinski definition) is 4. The van der Waals surface area contributed by atoms with Gasteiger partial charge < -0.3 is 15.6 Å². The lowest BCUT2D eigenvalue weighted by molar-refractivity contribution is 0.873. The summed E-state index contributed by atoms with van der Waals surface area (Å²) in [6, 6.07) is 2.06. The number of H-pyrrole nitrogens is 1. The van der Waals surface area contributed by atoms with Gasteiger partial charge in [-0.25, -0.2) is 4.98 Å². The van der Waals surface area contributed by atoms with Crippen LogP contribution in [0.15, 0.2) is 6.07 Å². The molecule has 3 N–H and O–H groups in total. The van der Waals surface area contributed by atoms with Crippen LogP contribution in [0.25, 0.3) is 0 Å². The Kier molecular flexibility index (Phi) is 3.33. The normalized spacial score (nSPS) is 15.9. The second-order valence-electron chi connectivity index (χ2n) is 3.80. The molecule has 4 nitrogen and oxygen atoms in total. The largest absolute Gasteiger partial charge is 0.356 e. The summed E-state index contributed by atoms with van der Waals surface area (Å²) in [6.45, 7) is 2.82. The van der Waals surface area contributed by atoms with E-state index >= 15 is 0 Å². The van der Waals surface area contributed by atoms with Crippen LogP contribution in [0.3, 0.4) is 0 Å². The Bertz CT molecular complexity index is 381. The van der Waals surface area contributed by atoms with Crippen LogP contribution in [0.5, 0.6) is 0 Å². The summed E-state index contributed by atoms with van der Waals surface area (Å²) in [6.07, 6.45) is 3.32. The number of nitrogens with two attached hydrogens (primary N) is 1. The van der Waals surface area contributed by atoms with Crippen molar-refractivity contribution in [2.24, 2.45) is 5.73 Å². The van der Waals surface area contributed by atoms with Gasteiger partial charge in [0.05, 0.1) is 0 Å². The fourth-order valence-corrected chi connectivity index (χ4v) is 2.12. The van der Waals surface area contributed by atoms with Gasteiger partial charge in [-0.1, -0.05) is 0 Å². The third-order valence-corrected chi connectivity index (χ3v) is 2.82. The zero-order chi connectivity index (χ0) is 10.7. The number of hydrogen-bond donors (Lipinski definition) is 2. The van der Waals surface area contributed by atoms with Gasteiger partial charge >= 0.3 is 0 Å². The SMILES string of the molecule is NCCc1cc(N2CCCC2)nc(=S)[nH]1. The van der Waals surface area contributed by atoms with E-state index in [1.807, 2.05) is 0 Å². The second kappa shape index (κ2) is 4.72. The van der Waals surface area contributed by atoms with Gasteiger partial charge in [-0.3, -0.25) is 0 Å². The molecule has 82 valence electrons. The molecule has 0 aromatic carbocycles. The highest BCUT2D eigenvalue weighted by atomic mass is 32.1. The van der Waals surface area contributed by atoms with Crippen molar-refractivity contribution in [3.8, 4) is 0 Å². The average molecular weight is 224 g/mol. The zero-order valence-corrected chi connectivity index (χ0v) is 9.52. The molecular weight excluding hydrogens is 208 g/mol. The third-order valence-electron chi connectivity index (χ3n) is 2.63. The van der Waals surface area contributed by atoms with Gasteiger partial charge in [0.25, 0.3) is 0 Å². The van der Waals surface area contributed by atoms with Crippen LogP contribution in [0.4, 0.5) is 5.82 Å². The summed E-state index contributed by atoms with van der Waals surface area (Å²) in [5.41, 5.74) is 6.61. The lowest BCUT2D eigenvalue weighted by Crippen LogP contribution is -2.20. The molecule has 5 heteroatoms. The van der Waals surface area contributed by atoms with Crippen molar-refractivity contribution < 1.29 is 0 Å². The number of aromatic amines is 1. The molecule has 1 aliphatic heterocycles. The number of aromatic nitrogens is 2. The van der Waals surface area contributed by atoms with Crippen molar-refractivity contribution in [2.75, 3.05) is 24.5 Å². The van der Waals surface area contributed by atoms with Crippen molar-refractivity contribution in [2.45, 2.75) is 19.3 Å². The maximum absolute atomic E-state index is 5.53. The van der Waals surface area contributed by atoms with E-state index in [1.54, 1.807) is 0 Å². The van der Waals surface area contributed by atoms with Crippen LogP contribution in [-0.2, 0) is 6.42 Å². The van der Waals surface area contributed by atoms with Crippen LogP contribution in [0, 0.1) is 4.77 Å². The lowest BCUT2D eigenvalue weighted by Gasteiger charge is -2.16. The Labute approximate surface area is 94.5 Å². The number of anilines is 1. The van der Waals surface area contributed by atoms with E-state index in [0.29, 0.717) is 11.3 Å². The Morgan fingerprint density at radius 3 is 2.87 bits per heavy atom. The quantitative estimate of drug-likeness (QED) is 0.758. The highest BCUT2D eigenvalue weighted by Crippen LogP contribution is 2.17. The second-order valence-corrected chi connectivity index (χ2v) is 4.19. The molecule has 0 atom stereocenters. The zero-order valence-electron chi connectivity index (χ0n) is 8.70. The Balaban J connectivity index is 2.26. The van der Waals surface area contributed by atoms with E-state index in [2.05, 4.69) is 20.9 Å². The minimum absolute atomic E-state index is 0.558. The van der Waals surface area contributed by atoms with Crippen molar-refractivity contribution in [1.82, 2.24) is 9.97 Å². The van der Waals surface area contributed by atoms with E-state index < -0.39 is 0 Å². The van der Waals surface area contributed by atoms with Crippen LogP contribution in [0.1, 0.15) is 18.5 Å². The summed E-state index contributed by atoms with van der Waals surface area (Å²) in [4.78, 5) is 9.69. The van der Waals surface area contributed by atoms with Crippen LogP contribution >= 0.6 is 12.2 Å². The van der Waals surface area contributed by atoms with Crippen molar-refractivity contribution >= 4 is 18.0 Å². The van der Waals surface area contributed by atoms with Gasteiger partial charge in [-0.15, -0.1) is 0 Å². The molecule has 0 spiro atoms. The molecule has 1 fully saturated rings. The lowest BCUT2D eigenvalue weighted by atomic mass is 10.3. The number of nitrogens with zero attached hydrogens (tertiary/aromatic N) is 2. The first kappa shape index (κ1) is 10.6. The van der Waals surface area contributed by atoms with Gasteiger partial charge in [0.1, 0.15) is 5.82 Å². The van der Waals surface area contributed by atoms with Crippen molar-refractivity contribution in [3.63, 3.8) is 0 Å². The summed E-state index contributed by atoms with van der Waals surface area (Å²) >= 11 is 5.10. The van der Waals surface area contributed by atoms with E-state index in [0.717, 1.165) is 31.0 Å². The van der Waals surface area contributed by atoms with E-state index in [4.69, 9.17) is 18.0 Å². The molecular formula is C10H16N4S. The maximum atomic E-state index is 5.53. The molecule has 1 aromatic rings. The smallest absolute Gasteiger partial charge is 0.198 e. The Hall–Kier alpha value is -0.940. The maximum Gasteiger partial charge on any atom is 0.198 e. The molecule has 0 saturated carbocycles. The van der Waals surface area contributed by atoms with Crippen molar-refractivity contribution in [1.29, 1.82) is 0 Å². The van der Waals surface area contributed by atoms with Gasteiger partial charge in [-0.2, -0.15) is 0 Å². The standard InChI is InChI=1S/C10H16N4S/c11-4-3-8-7-9(13-10(15)12-8)14-5-1-2-6-14/h7H,1-6,11H2,(H,12,13,15). The Morgan fingerprint density at radius 2 is 2.20 bits per heavy atom. The van der Waals surface area contributed by atoms with E-state index in [1.165, 1.54) is 12.8 Å². The molecule has 0 bridgehead atoms.